The minimum atomic E-state index is -5.08. The topological polar surface area (TPSA) is 331 Å². The molecule has 0 aliphatic carbocycles. The average molecular weight is 932 g/mol. The van der Waals surface area contributed by atoms with E-state index in [1.54, 1.807) is 0 Å². The van der Waals surface area contributed by atoms with Crippen molar-refractivity contribution < 1.29 is 172 Å². The first kappa shape index (κ1) is 55.9. The summed E-state index contributed by atoms with van der Waals surface area (Å²) in [5.41, 5.74) is 0.278. The maximum absolute atomic E-state index is 12.2. The van der Waals surface area contributed by atoms with E-state index in [2.05, 4.69) is 60.5 Å². The number of benzene rings is 2. The van der Waals surface area contributed by atoms with E-state index in [0.29, 0.717) is 0 Å². The maximum atomic E-state index is 12.2. The van der Waals surface area contributed by atoms with Gasteiger partial charge in [0.15, 0.2) is 0 Å². The molecule has 0 fully saturated rings. The van der Waals surface area contributed by atoms with Crippen LogP contribution in [0.2, 0.25) is 10.6 Å². The van der Waals surface area contributed by atoms with Gasteiger partial charge >= 0.3 is 118 Å². The summed E-state index contributed by atoms with van der Waals surface area (Å²) in [6.45, 7) is -0.0974. The minimum absolute atomic E-state index is 0. The summed E-state index contributed by atoms with van der Waals surface area (Å²) in [7, 11) is -9.59. The van der Waals surface area contributed by atoms with Crippen LogP contribution in [0.4, 0.5) is 35.2 Å². The molecule has 22 nitrogen and oxygen atoms in total. The Morgan fingerprint density at radius 3 is 1.77 bits per heavy atom. The Morgan fingerprint density at radius 1 is 0.750 bits per heavy atom. The molecule has 0 aliphatic heterocycles. The number of nitrogens with one attached hydrogen (secondary N) is 4. The van der Waals surface area contributed by atoms with E-state index in [1.807, 2.05) is 0 Å². The molecule has 0 amide bonds. The van der Waals surface area contributed by atoms with Crippen LogP contribution in [0.25, 0.3) is 12.2 Å². The van der Waals surface area contributed by atoms with Gasteiger partial charge in [-0.1, -0.05) is 18.2 Å². The third-order valence-corrected chi connectivity index (χ3v) is 8.58. The molecule has 4 rings (SSSR count). The molecular weight excluding hydrogens is 911 g/mol. The predicted octanol–water partition coefficient (Wildman–Crippen LogP) is -10.6. The van der Waals surface area contributed by atoms with Gasteiger partial charge in [-0.3, -0.25) is 5.04 Å². The van der Waals surface area contributed by atoms with Crippen molar-refractivity contribution in [2.24, 2.45) is 0 Å². The molecule has 0 spiro atoms. The van der Waals surface area contributed by atoms with Crippen LogP contribution in [-0.4, -0.2) is 89.2 Å². The molecule has 0 saturated carbocycles. The Hall–Kier alpha value is -0.0600. The van der Waals surface area contributed by atoms with Gasteiger partial charge in [0.25, 0.3) is 0 Å². The fourth-order valence-electron chi connectivity index (χ4n) is 3.82. The van der Waals surface area contributed by atoms with Crippen LogP contribution >= 0.6 is 35.2 Å². The SMILES string of the molecule is O=S([O-])Oc1cc(Nc2nc(Cl)nc(NCCS(=O)(=O)[O-])n2)ccc1C=Cc1ccc(Nc2nc(Cl)nc(NCCSOO[O-])n2)cc1S(=O)(=O)[O-].[Na+].[Na+].[Na+].[Na+]. The predicted molar refractivity (Wildman–Crippen MR) is 182 cm³/mol. The number of aromatic nitrogens is 6. The second-order valence-electron chi connectivity index (χ2n) is 9.41. The summed E-state index contributed by atoms with van der Waals surface area (Å²) in [6, 6.07) is 7.73. The molecule has 2 heterocycles. The first-order chi connectivity index (χ1) is 24.6. The largest absolute Gasteiger partial charge is 1.00 e. The number of hydrogen-bond donors (Lipinski definition) is 4. The smallest absolute Gasteiger partial charge is 0.748 e. The zero-order chi connectivity index (χ0) is 37.9. The van der Waals surface area contributed by atoms with Gasteiger partial charge in [-0.15, -0.1) is 0 Å². The third kappa shape index (κ3) is 20.0. The summed E-state index contributed by atoms with van der Waals surface area (Å²) in [5.74, 6) is -1.17. The summed E-state index contributed by atoms with van der Waals surface area (Å²) >= 11 is 9.53. The van der Waals surface area contributed by atoms with Gasteiger partial charge in [0.2, 0.25) is 34.4 Å². The van der Waals surface area contributed by atoms with Crippen molar-refractivity contribution in [1.29, 1.82) is 0 Å². The van der Waals surface area contributed by atoms with Crippen molar-refractivity contribution in [1.82, 2.24) is 29.9 Å². The van der Waals surface area contributed by atoms with Crippen molar-refractivity contribution >= 4 is 114 Å². The molecule has 0 bridgehead atoms. The molecule has 1 unspecified atom stereocenters. The van der Waals surface area contributed by atoms with Crippen LogP contribution in [0.1, 0.15) is 11.1 Å². The van der Waals surface area contributed by atoms with Gasteiger partial charge in [-0.25, -0.2) is 21.0 Å². The minimum Gasteiger partial charge on any atom is -0.748 e. The zero-order valence-corrected chi connectivity index (χ0v) is 42.2. The van der Waals surface area contributed by atoms with Crippen LogP contribution < -0.4 is 149 Å². The van der Waals surface area contributed by atoms with Crippen molar-refractivity contribution in [2.75, 3.05) is 45.9 Å². The Balaban J connectivity index is 0.00000756. The summed E-state index contributed by atoms with van der Waals surface area (Å²) in [5, 5.41) is 23.3. The molecule has 4 aromatic rings. The fourth-order valence-corrected chi connectivity index (χ4v) is 5.77. The number of anilines is 6. The zero-order valence-electron chi connectivity index (χ0n) is 29.4. The molecule has 1 atom stereocenters. The molecule has 56 heavy (non-hydrogen) atoms. The Morgan fingerprint density at radius 2 is 1.25 bits per heavy atom. The van der Waals surface area contributed by atoms with Crippen LogP contribution in [-0.2, 0) is 41.0 Å². The first-order valence-electron chi connectivity index (χ1n) is 13.6. The molecule has 2 aromatic heterocycles. The molecular formula is C24H20Cl2N10Na4O12S4. The van der Waals surface area contributed by atoms with E-state index in [1.165, 1.54) is 42.5 Å². The van der Waals surface area contributed by atoms with Crippen molar-refractivity contribution in [2.45, 2.75) is 4.90 Å². The number of rotatable bonds is 19. The molecule has 0 aliphatic rings. The Labute approximate surface area is 424 Å². The van der Waals surface area contributed by atoms with E-state index >= 15 is 0 Å². The van der Waals surface area contributed by atoms with Gasteiger partial charge in [0, 0.05) is 53.9 Å². The molecule has 0 radical (unpaired) electrons. The van der Waals surface area contributed by atoms with E-state index in [9.17, 15) is 40.0 Å². The number of nitrogens with zero attached hydrogens (tertiary/aromatic N) is 6. The van der Waals surface area contributed by atoms with Crippen molar-refractivity contribution in [3.8, 4) is 5.75 Å². The third-order valence-electron chi connectivity index (χ3n) is 5.80. The average Bonchev–Trinajstić information content (AvgIpc) is 3.03. The van der Waals surface area contributed by atoms with Crippen molar-refractivity contribution in [3.05, 3.63) is 58.1 Å². The van der Waals surface area contributed by atoms with Crippen LogP contribution in [0.15, 0.2) is 41.3 Å². The van der Waals surface area contributed by atoms with Gasteiger partial charge in [-0.05, 0) is 53.0 Å². The van der Waals surface area contributed by atoms with E-state index in [0.717, 1.165) is 18.1 Å². The second-order valence-corrected chi connectivity index (χ2v) is 14.3. The number of halogens is 2. The van der Waals surface area contributed by atoms with Crippen LogP contribution in [0.5, 0.6) is 5.75 Å². The van der Waals surface area contributed by atoms with E-state index in [4.69, 9.17) is 27.4 Å². The Kier molecular flexibility index (Phi) is 27.0. The van der Waals surface area contributed by atoms with Crippen LogP contribution in [0, 0.1) is 0 Å². The standard InChI is InChI=1S/C24H24Cl2N10O12S4.4Na/c25-19-31-21(27-7-9-49-48-47-37)35-24(34-19)30-16-6-4-14(18(12-16)52(43,44)45)2-1-13-3-5-15(11-17(13)46-50(38)39)29-23-33-20(26)32-22(36-23)28-8-10-51(40,41)42;;;;/h1-6,11-12,37H,7-10H2,(H,38,39)(H,40,41,42)(H,43,44,45)(H2,27,30,31,34,35)(H2,28,29,32,33,36);;;;/q;4*+1/p-4. The van der Waals surface area contributed by atoms with Gasteiger partial charge in [-0.2, -0.15) is 34.2 Å². The van der Waals surface area contributed by atoms with E-state index in [-0.39, 0.29) is 200 Å². The monoisotopic (exact) mass is 930 g/mol. The quantitative estimate of drug-likeness (QED) is 0.00991. The van der Waals surface area contributed by atoms with Crippen molar-refractivity contribution in [3.63, 3.8) is 0 Å². The number of hydrogen-bond acceptors (Lipinski definition) is 23. The summed E-state index contributed by atoms with van der Waals surface area (Å²) < 4.78 is 101. The molecule has 4 N–H and O–H groups in total. The molecule has 280 valence electrons. The van der Waals surface area contributed by atoms with E-state index < -0.39 is 42.2 Å². The second kappa shape index (κ2) is 27.0. The van der Waals surface area contributed by atoms with Gasteiger partial charge in [0.1, 0.15) is 27.2 Å². The Bertz CT molecular complexity index is 2190. The van der Waals surface area contributed by atoms with Gasteiger partial charge < -0.3 is 44.4 Å². The van der Waals surface area contributed by atoms with Crippen LogP contribution in [0.3, 0.4) is 0 Å². The maximum Gasteiger partial charge on any atom is 1.00 e. The molecule has 32 heteroatoms. The molecule has 0 saturated heterocycles. The summed E-state index contributed by atoms with van der Waals surface area (Å²) in [4.78, 5) is 22.9. The van der Waals surface area contributed by atoms with Gasteiger partial charge in [0.05, 0.1) is 20.8 Å². The first-order valence-corrected chi connectivity index (χ1v) is 19.3. The summed E-state index contributed by atoms with van der Waals surface area (Å²) in [6.07, 6.45) is 2.51. The normalized spacial score (nSPS) is 11.5. The fraction of sp³-hybridized carbons (Fsp3) is 0.167. The molecule has 2 aromatic carbocycles.